The third kappa shape index (κ3) is 4.20. The van der Waals surface area contributed by atoms with Gasteiger partial charge in [0.25, 0.3) is 0 Å². The molecule has 3 unspecified atom stereocenters. The minimum atomic E-state index is -0.810. The average molecular weight is 214 g/mol. The van der Waals surface area contributed by atoms with Crippen molar-refractivity contribution in [3.8, 4) is 0 Å². The Balaban J connectivity index is 2.39. The van der Waals surface area contributed by atoms with E-state index in [2.05, 4.69) is 6.92 Å². The van der Waals surface area contributed by atoms with Gasteiger partial charge in [-0.3, -0.25) is 0 Å². The minimum absolute atomic E-state index is 0.168. The van der Waals surface area contributed by atoms with Crippen molar-refractivity contribution in [3.63, 3.8) is 0 Å². The van der Waals surface area contributed by atoms with Crippen LogP contribution < -0.4 is 0 Å². The van der Waals surface area contributed by atoms with Crippen LogP contribution in [-0.4, -0.2) is 23.3 Å². The number of hydrogen-bond acceptors (Lipinski definition) is 2. The third-order valence-electron chi connectivity index (χ3n) is 3.07. The standard InChI is InChI=1S/C12H22O3/c1-3-5-11(12(13)14)15-10-7-4-6-9(2)8-10/h9-11H,3-8H2,1-2H3,(H,13,14). The highest BCUT2D eigenvalue weighted by Gasteiger charge is 2.25. The molecule has 1 fully saturated rings. The monoisotopic (exact) mass is 214 g/mol. The molecule has 15 heavy (non-hydrogen) atoms. The van der Waals surface area contributed by atoms with E-state index in [0.29, 0.717) is 12.3 Å². The Hall–Kier alpha value is -0.570. The van der Waals surface area contributed by atoms with E-state index < -0.39 is 12.1 Å². The first kappa shape index (κ1) is 12.5. The third-order valence-corrected chi connectivity index (χ3v) is 3.07. The molecule has 0 spiro atoms. The summed E-state index contributed by atoms with van der Waals surface area (Å²) in [6.07, 6.45) is 5.53. The molecule has 1 aliphatic rings. The van der Waals surface area contributed by atoms with Gasteiger partial charge in [0, 0.05) is 0 Å². The van der Waals surface area contributed by atoms with Gasteiger partial charge in [-0.25, -0.2) is 4.79 Å². The normalized spacial score (nSPS) is 28.7. The van der Waals surface area contributed by atoms with Gasteiger partial charge in [-0.2, -0.15) is 0 Å². The lowest BCUT2D eigenvalue weighted by atomic mass is 9.88. The molecule has 0 aromatic carbocycles. The molecule has 1 saturated carbocycles. The lowest BCUT2D eigenvalue weighted by Crippen LogP contribution is -2.32. The van der Waals surface area contributed by atoms with Crippen LogP contribution in [0.25, 0.3) is 0 Å². The summed E-state index contributed by atoms with van der Waals surface area (Å²) in [5.74, 6) is -0.130. The van der Waals surface area contributed by atoms with Gasteiger partial charge in [0.15, 0.2) is 6.10 Å². The Morgan fingerprint density at radius 1 is 1.53 bits per heavy atom. The van der Waals surface area contributed by atoms with E-state index in [1.54, 1.807) is 0 Å². The Kier molecular flexibility index (Phi) is 5.09. The molecule has 0 aromatic rings. The molecule has 0 amide bonds. The molecule has 0 heterocycles. The Morgan fingerprint density at radius 2 is 2.27 bits per heavy atom. The van der Waals surface area contributed by atoms with Crippen molar-refractivity contribution in [2.45, 2.75) is 64.6 Å². The van der Waals surface area contributed by atoms with E-state index in [-0.39, 0.29) is 6.10 Å². The van der Waals surface area contributed by atoms with Crippen LogP contribution in [0.5, 0.6) is 0 Å². The fraction of sp³-hybridized carbons (Fsp3) is 0.917. The summed E-state index contributed by atoms with van der Waals surface area (Å²) in [6, 6.07) is 0. The van der Waals surface area contributed by atoms with Crippen LogP contribution >= 0.6 is 0 Å². The van der Waals surface area contributed by atoms with E-state index in [1.165, 1.54) is 12.8 Å². The first-order valence-corrected chi connectivity index (χ1v) is 6.01. The predicted molar refractivity (Wildman–Crippen MR) is 58.8 cm³/mol. The quantitative estimate of drug-likeness (QED) is 0.765. The summed E-state index contributed by atoms with van der Waals surface area (Å²) in [5.41, 5.74) is 0. The first-order chi connectivity index (χ1) is 7.13. The van der Waals surface area contributed by atoms with Crippen molar-refractivity contribution >= 4 is 5.97 Å². The van der Waals surface area contributed by atoms with Crippen molar-refractivity contribution < 1.29 is 14.6 Å². The molecule has 3 nitrogen and oxygen atoms in total. The molecule has 3 atom stereocenters. The number of ether oxygens (including phenoxy) is 1. The van der Waals surface area contributed by atoms with Crippen molar-refractivity contribution in [2.75, 3.05) is 0 Å². The second kappa shape index (κ2) is 6.11. The van der Waals surface area contributed by atoms with E-state index in [1.807, 2.05) is 6.92 Å². The van der Waals surface area contributed by atoms with Gasteiger partial charge in [-0.05, 0) is 25.2 Å². The molecule has 0 saturated heterocycles. The maximum atomic E-state index is 10.9. The number of carbonyl (C=O) groups is 1. The van der Waals surface area contributed by atoms with E-state index in [9.17, 15) is 4.79 Å². The molecule has 3 heteroatoms. The Bertz CT molecular complexity index is 203. The van der Waals surface area contributed by atoms with Gasteiger partial charge in [0.2, 0.25) is 0 Å². The van der Waals surface area contributed by atoms with Crippen LogP contribution in [0.4, 0.5) is 0 Å². The van der Waals surface area contributed by atoms with Gasteiger partial charge >= 0.3 is 5.97 Å². The summed E-state index contributed by atoms with van der Waals surface area (Å²) in [5, 5.41) is 8.98. The molecule has 0 bridgehead atoms. The van der Waals surface area contributed by atoms with Gasteiger partial charge in [-0.15, -0.1) is 0 Å². The average Bonchev–Trinajstić information content (AvgIpc) is 2.17. The van der Waals surface area contributed by atoms with Gasteiger partial charge in [0.1, 0.15) is 0 Å². The zero-order valence-corrected chi connectivity index (χ0v) is 9.74. The lowest BCUT2D eigenvalue weighted by Gasteiger charge is -2.29. The molecule has 88 valence electrons. The summed E-state index contributed by atoms with van der Waals surface area (Å²) < 4.78 is 5.66. The van der Waals surface area contributed by atoms with Crippen LogP contribution in [0.2, 0.25) is 0 Å². The molecule has 0 aromatic heterocycles. The Morgan fingerprint density at radius 3 is 2.80 bits per heavy atom. The predicted octanol–water partition coefficient (Wildman–Crippen LogP) is 2.84. The maximum Gasteiger partial charge on any atom is 0.332 e. The van der Waals surface area contributed by atoms with Crippen LogP contribution in [-0.2, 0) is 9.53 Å². The van der Waals surface area contributed by atoms with Crippen LogP contribution in [0.1, 0.15) is 52.4 Å². The summed E-state index contributed by atoms with van der Waals surface area (Å²) >= 11 is 0. The SMILES string of the molecule is CCCC(OC1CCCC(C)C1)C(=O)O. The van der Waals surface area contributed by atoms with E-state index in [4.69, 9.17) is 9.84 Å². The Labute approximate surface area is 91.8 Å². The molecule has 1 N–H and O–H groups in total. The summed E-state index contributed by atoms with van der Waals surface area (Å²) in [6.45, 7) is 4.20. The molecule has 0 radical (unpaired) electrons. The van der Waals surface area contributed by atoms with Crippen LogP contribution in [0, 0.1) is 5.92 Å². The summed E-state index contributed by atoms with van der Waals surface area (Å²) in [7, 11) is 0. The highest BCUT2D eigenvalue weighted by atomic mass is 16.5. The second-order valence-electron chi connectivity index (χ2n) is 4.65. The number of carboxylic acid groups (broad SMARTS) is 1. The largest absolute Gasteiger partial charge is 0.479 e. The lowest BCUT2D eigenvalue weighted by molar-refractivity contribution is -0.156. The van der Waals surface area contributed by atoms with Gasteiger partial charge in [0.05, 0.1) is 6.10 Å². The minimum Gasteiger partial charge on any atom is -0.479 e. The van der Waals surface area contributed by atoms with Gasteiger partial charge < -0.3 is 9.84 Å². The highest BCUT2D eigenvalue weighted by Crippen LogP contribution is 2.27. The zero-order chi connectivity index (χ0) is 11.3. The van der Waals surface area contributed by atoms with Crippen LogP contribution in [0.15, 0.2) is 0 Å². The van der Waals surface area contributed by atoms with Crippen molar-refractivity contribution in [2.24, 2.45) is 5.92 Å². The fourth-order valence-electron chi connectivity index (χ4n) is 2.25. The number of rotatable bonds is 5. The molecular formula is C12H22O3. The number of carboxylic acids is 1. The molecule has 0 aliphatic heterocycles. The fourth-order valence-corrected chi connectivity index (χ4v) is 2.25. The first-order valence-electron chi connectivity index (χ1n) is 6.01. The topological polar surface area (TPSA) is 46.5 Å². The molecule has 1 aliphatic carbocycles. The number of aliphatic carboxylic acids is 1. The maximum absolute atomic E-state index is 10.9. The van der Waals surface area contributed by atoms with Crippen molar-refractivity contribution in [1.82, 2.24) is 0 Å². The van der Waals surface area contributed by atoms with Crippen molar-refractivity contribution in [3.05, 3.63) is 0 Å². The number of hydrogen-bond donors (Lipinski definition) is 1. The van der Waals surface area contributed by atoms with E-state index in [0.717, 1.165) is 19.3 Å². The smallest absolute Gasteiger partial charge is 0.332 e. The zero-order valence-electron chi connectivity index (χ0n) is 9.74. The highest BCUT2D eigenvalue weighted by molar-refractivity contribution is 5.72. The van der Waals surface area contributed by atoms with Gasteiger partial charge in [-0.1, -0.05) is 33.1 Å². The van der Waals surface area contributed by atoms with Crippen LogP contribution in [0.3, 0.4) is 0 Å². The molecular weight excluding hydrogens is 192 g/mol. The second-order valence-corrected chi connectivity index (χ2v) is 4.65. The summed E-state index contributed by atoms with van der Waals surface area (Å²) in [4.78, 5) is 10.9. The van der Waals surface area contributed by atoms with E-state index >= 15 is 0 Å². The molecule has 1 rings (SSSR count). The van der Waals surface area contributed by atoms with Crippen molar-refractivity contribution in [1.29, 1.82) is 0 Å².